The zero-order chi connectivity index (χ0) is 24.0. The Bertz CT molecular complexity index is 1350. The second kappa shape index (κ2) is 10.6. The third kappa shape index (κ3) is 5.46. The van der Waals surface area contributed by atoms with Gasteiger partial charge in [0.2, 0.25) is 11.8 Å². The summed E-state index contributed by atoms with van der Waals surface area (Å²) in [5.41, 5.74) is 4.04. The number of amides is 2. The first-order chi connectivity index (χ1) is 17.2. The largest absolute Gasteiger partial charge is 0.361 e. The van der Waals surface area contributed by atoms with Crippen molar-refractivity contribution in [3.8, 4) is 0 Å². The highest BCUT2D eigenvalue weighted by atomic mass is 32.2. The molecule has 0 radical (unpaired) electrons. The topological polar surface area (TPSA) is 77.6 Å². The molecule has 2 N–H and O–H groups in total. The number of benzene rings is 3. The summed E-state index contributed by atoms with van der Waals surface area (Å²) >= 11 is 1.38. The van der Waals surface area contributed by atoms with Crippen LogP contribution in [0.25, 0.3) is 10.9 Å². The molecule has 4 aromatic rings. The van der Waals surface area contributed by atoms with E-state index in [0.29, 0.717) is 24.7 Å². The maximum absolute atomic E-state index is 13.4. The number of aromatic nitrogens is 1. The van der Waals surface area contributed by atoms with Gasteiger partial charge in [0.25, 0.3) is 0 Å². The van der Waals surface area contributed by atoms with Crippen molar-refractivity contribution in [3.63, 3.8) is 0 Å². The van der Waals surface area contributed by atoms with Crippen LogP contribution in [0.3, 0.4) is 0 Å². The fourth-order valence-corrected chi connectivity index (χ4v) is 5.35. The number of fused-ring (bicyclic) bond motifs is 1. The fraction of sp³-hybridized carbons (Fsp3) is 0.179. The Morgan fingerprint density at radius 1 is 0.971 bits per heavy atom. The molecule has 0 bridgehead atoms. The van der Waals surface area contributed by atoms with Gasteiger partial charge in [0, 0.05) is 35.8 Å². The van der Waals surface area contributed by atoms with E-state index in [1.165, 1.54) is 11.8 Å². The van der Waals surface area contributed by atoms with Gasteiger partial charge in [0.1, 0.15) is 5.25 Å². The van der Waals surface area contributed by atoms with Crippen LogP contribution in [0.4, 0.5) is 5.69 Å². The Balaban J connectivity index is 1.31. The number of aromatic amines is 1. The molecule has 0 aliphatic carbocycles. The van der Waals surface area contributed by atoms with E-state index in [1.807, 2.05) is 85.1 Å². The number of carbonyl (C=O) groups is 2. The first-order valence-corrected chi connectivity index (χ1v) is 12.5. The molecule has 0 spiro atoms. The summed E-state index contributed by atoms with van der Waals surface area (Å²) in [6.07, 6.45) is 2.81. The van der Waals surface area contributed by atoms with Crippen LogP contribution in [0.5, 0.6) is 0 Å². The van der Waals surface area contributed by atoms with Gasteiger partial charge in [0.05, 0.1) is 6.54 Å². The highest BCUT2D eigenvalue weighted by molar-refractivity contribution is 8.15. The molecule has 2 heterocycles. The predicted octanol–water partition coefficient (Wildman–Crippen LogP) is 5.24. The number of H-pyrrole nitrogens is 1. The molecule has 1 unspecified atom stereocenters. The molecular weight excluding hydrogens is 456 g/mol. The molecule has 1 aromatic heterocycles. The smallest absolute Gasteiger partial charge is 0.242 e. The van der Waals surface area contributed by atoms with E-state index in [9.17, 15) is 9.59 Å². The molecule has 1 aliphatic heterocycles. The number of carbonyl (C=O) groups excluding carboxylic acids is 2. The molecule has 2 amide bonds. The highest BCUT2D eigenvalue weighted by Gasteiger charge is 2.38. The summed E-state index contributed by atoms with van der Waals surface area (Å²) in [6.45, 7) is 1.00. The van der Waals surface area contributed by atoms with Crippen LogP contribution >= 0.6 is 11.8 Å². The molecule has 3 aromatic carbocycles. The number of rotatable bonds is 8. The maximum atomic E-state index is 13.4. The number of aliphatic imine (C=N–C) groups is 1. The summed E-state index contributed by atoms with van der Waals surface area (Å²) in [4.78, 5) is 35.9. The minimum atomic E-state index is -0.490. The van der Waals surface area contributed by atoms with E-state index < -0.39 is 5.25 Å². The monoisotopic (exact) mass is 482 g/mol. The number of hydrogen-bond acceptors (Lipinski definition) is 4. The van der Waals surface area contributed by atoms with Gasteiger partial charge in [0.15, 0.2) is 5.17 Å². The molecule has 6 nitrogen and oxygen atoms in total. The van der Waals surface area contributed by atoms with E-state index in [0.717, 1.165) is 27.7 Å². The summed E-state index contributed by atoms with van der Waals surface area (Å²) in [5.74, 6) is -0.243. The summed E-state index contributed by atoms with van der Waals surface area (Å²) < 4.78 is 0. The van der Waals surface area contributed by atoms with Crippen molar-refractivity contribution >= 4 is 45.3 Å². The maximum Gasteiger partial charge on any atom is 0.242 e. The van der Waals surface area contributed by atoms with Gasteiger partial charge in [-0.25, -0.2) is 0 Å². The average Bonchev–Trinajstić information content (AvgIpc) is 3.43. The summed E-state index contributed by atoms with van der Waals surface area (Å²) in [5, 5.41) is 4.23. The van der Waals surface area contributed by atoms with Crippen LogP contribution in [0, 0.1) is 0 Å². The first kappa shape index (κ1) is 22.9. The van der Waals surface area contributed by atoms with Gasteiger partial charge in [-0.3, -0.25) is 19.5 Å². The van der Waals surface area contributed by atoms with E-state index in [2.05, 4.69) is 16.4 Å². The zero-order valence-corrected chi connectivity index (χ0v) is 20.0. The lowest BCUT2D eigenvalue weighted by Crippen LogP contribution is -2.35. The SMILES string of the molecule is O=C(CC1SC(=NCc2ccccc2)N(CCc2c[nH]c3ccccc23)C1=O)Nc1ccccc1. The lowest BCUT2D eigenvalue weighted by atomic mass is 10.1. The lowest BCUT2D eigenvalue weighted by molar-refractivity contribution is -0.128. The van der Waals surface area contributed by atoms with Gasteiger partial charge in [-0.1, -0.05) is 78.5 Å². The standard InChI is InChI=1S/C28H26N4O2S/c33-26(31-22-11-5-2-6-12-22)17-25-27(34)32(28(35-25)30-18-20-9-3-1-4-10-20)16-15-21-19-29-24-14-8-7-13-23(21)24/h1-14,19,25,29H,15-18H2,(H,31,33). The number of para-hydroxylation sites is 2. The van der Waals surface area contributed by atoms with E-state index in [1.54, 1.807) is 4.90 Å². The lowest BCUT2D eigenvalue weighted by Gasteiger charge is -2.16. The summed E-state index contributed by atoms with van der Waals surface area (Å²) in [6, 6.07) is 27.4. The van der Waals surface area contributed by atoms with Crippen molar-refractivity contribution in [3.05, 3.63) is 102 Å². The van der Waals surface area contributed by atoms with E-state index in [4.69, 9.17) is 4.99 Å². The van der Waals surface area contributed by atoms with Crippen LogP contribution in [0.2, 0.25) is 0 Å². The van der Waals surface area contributed by atoms with Crippen LogP contribution < -0.4 is 5.32 Å². The highest BCUT2D eigenvalue weighted by Crippen LogP contribution is 2.31. The van der Waals surface area contributed by atoms with Crippen LogP contribution in [-0.4, -0.2) is 38.7 Å². The molecule has 176 valence electrons. The molecular formula is C28H26N4O2S. The molecule has 1 saturated heterocycles. The Morgan fingerprint density at radius 2 is 1.69 bits per heavy atom. The van der Waals surface area contributed by atoms with E-state index in [-0.39, 0.29) is 18.2 Å². The minimum Gasteiger partial charge on any atom is -0.361 e. The Kier molecular flexibility index (Phi) is 6.95. The Morgan fingerprint density at radius 3 is 2.49 bits per heavy atom. The number of amidine groups is 1. The van der Waals surface area contributed by atoms with Crippen LogP contribution in [0.15, 0.2) is 96.1 Å². The average molecular weight is 483 g/mol. The van der Waals surface area contributed by atoms with Gasteiger partial charge in [-0.2, -0.15) is 0 Å². The molecule has 1 fully saturated rings. The van der Waals surface area contributed by atoms with Crippen molar-refractivity contribution < 1.29 is 9.59 Å². The Hall–Kier alpha value is -3.84. The minimum absolute atomic E-state index is 0.0649. The number of hydrogen-bond donors (Lipinski definition) is 2. The number of nitrogens with one attached hydrogen (secondary N) is 2. The second-order valence-corrected chi connectivity index (χ2v) is 9.58. The number of nitrogens with zero attached hydrogens (tertiary/aromatic N) is 2. The van der Waals surface area contributed by atoms with Crippen molar-refractivity contribution in [1.29, 1.82) is 0 Å². The normalized spacial score (nSPS) is 16.8. The van der Waals surface area contributed by atoms with Gasteiger partial charge < -0.3 is 10.3 Å². The predicted molar refractivity (Wildman–Crippen MR) is 142 cm³/mol. The summed E-state index contributed by atoms with van der Waals surface area (Å²) in [7, 11) is 0. The number of thioether (sulfide) groups is 1. The van der Waals surface area contributed by atoms with E-state index >= 15 is 0 Å². The van der Waals surface area contributed by atoms with Crippen molar-refractivity contribution in [2.45, 2.75) is 24.6 Å². The van der Waals surface area contributed by atoms with Gasteiger partial charge in [-0.05, 0) is 35.7 Å². The van der Waals surface area contributed by atoms with Crippen molar-refractivity contribution in [2.75, 3.05) is 11.9 Å². The second-order valence-electron chi connectivity index (χ2n) is 8.41. The molecule has 35 heavy (non-hydrogen) atoms. The molecule has 1 atom stereocenters. The zero-order valence-electron chi connectivity index (χ0n) is 19.2. The molecule has 7 heteroatoms. The number of anilines is 1. The van der Waals surface area contributed by atoms with Crippen molar-refractivity contribution in [1.82, 2.24) is 9.88 Å². The third-order valence-corrected chi connectivity index (χ3v) is 7.18. The van der Waals surface area contributed by atoms with Crippen LogP contribution in [0.1, 0.15) is 17.5 Å². The Labute approximate surface area is 208 Å². The fourth-order valence-electron chi connectivity index (χ4n) is 4.18. The quantitative estimate of drug-likeness (QED) is 0.361. The molecule has 5 rings (SSSR count). The van der Waals surface area contributed by atoms with Gasteiger partial charge in [-0.15, -0.1) is 0 Å². The van der Waals surface area contributed by atoms with Crippen LogP contribution in [-0.2, 0) is 22.6 Å². The third-order valence-electron chi connectivity index (χ3n) is 5.97. The van der Waals surface area contributed by atoms with Crippen molar-refractivity contribution in [2.24, 2.45) is 4.99 Å². The first-order valence-electron chi connectivity index (χ1n) is 11.6. The molecule has 1 aliphatic rings. The molecule has 0 saturated carbocycles. The van der Waals surface area contributed by atoms with Gasteiger partial charge >= 0.3 is 0 Å².